The number of phenols is 3. The number of phenolic OH excluding ortho intramolecular Hbond substituents is 3. The first-order valence-corrected chi connectivity index (χ1v) is 9.59. The highest BCUT2D eigenvalue weighted by atomic mass is 16.5. The van der Waals surface area contributed by atoms with Gasteiger partial charge in [0, 0.05) is 17.9 Å². The Hall–Kier alpha value is -3.80. The van der Waals surface area contributed by atoms with E-state index in [2.05, 4.69) is 0 Å². The molecule has 0 saturated heterocycles. The summed E-state index contributed by atoms with van der Waals surface area (Å²) in [5.41, 5.74) is 2.32. The molecular formula is C24H20O6. The fourth-order valence-corrected chi connectivity index (χ4v) is 3.72. The number of aryl methyl sites for hydroxylation is 1. The van der Waals surface area contributed by atoms with E-state index >= 15 is 0 Å². The molecule has 30 heavy (non-hydrogen) atoms. The predicted octanol–water partition coefficient (Wildman–Crippen LogP) is 4.06. The number of hydrogen-bond acceptors (Lipinski definition) is 6. The van der Waals surface area contributed by atoms with E-state index in [1.807, 2.05) is 0 Å². The van der Waals surface area contributed by atoms with Crippen molar-refractivity contribution in [2.75, 3.05) is 0 Å². The van der Waals surface area contributed by atoms with E-state index in [0.717, 1.165) is 11.1 Å². The number of hydrogen-bond donors (Lipinski definition) is 3. The average Bonchev–Trinajstić information content (AvgIpc) is 2.73. The summed E-state index contributed by atoms with van der Waals surface area (Å²) in [6.07, 6.45) is 0.622. The maximum Gasteiger partial charge on any atom is 0.312 e. The third kappa shape index (κ3) is 3.85. The molecule has 0 radical (unpaired) electrons. The van der Waals surface area contributed by atoms with Gasteiger partial charge in [0.05, 0.1) is 6.42 Å². The van der Waals surface area contributed by atoms with Crippen LogP contribution in [0.4, 0.5) is 0 Å². The molecule has 1 aliphatic heterocycles. The van der Waals surface area contributed by atoms with Crippen molar-refractivity contribution in [1.29, 1.82) is 0 Å². The van der Waals surface area contributed by atoms with E-state index in [9.17, 15) is 24.9 Å². The molecule has 0 unspecified atom stereocenters. The van der Waals surface area contributed by atoms with E-state index in [1.165, 1.54) is 6.07 Å². The molecule has 0 aliphatic carbocycles. The fraction of sp³-hybridized carbons (Fsp3) is 0.167. The number of fused-ring (bicyclic) bond motifs is 1. The zero-order chi connectivity index (χ0) is 21.3. The van der Waals surface area contributed by atoms with Crippen LogP contribution in [0.15, 0.2) is 60.7 Å². The molecule has 0 bridgehead atoms. The number of ether oxygens (including phenoxy) is 1. The zero-order valence-electron chi connectivity index (χ0n) is 16.0. The molecule has 0 aromatic heterocycles. The Morgan fingerprint density at radius 3 is 2.20 bits per heavy atom. The van der Waals surface area contributed by atoms with E-state index in [-0.39, 0.29) is 53.1 Å². The molecule has 6 nitrogen and oxygen atoms in total. The molecule has 0 spiro atoms. The van der Waals surface area contributed by atoms with Crippen molar-refractivity contribution in [3.8, 4) is 23.0 Å². The van der Waals surface area contributed by atoms with Gasteiger partial charge < -0.3 is 20.1 Å². The Morgan fingerprint density at radius 1 is 0.900 bits per heavy atom. The number of esters is 1. The highest BCUT2D eigenvalue weighted by Crippen LogP contribution is 2.44. The minimum absolute atomic E-state index is 0.00288. The highest BCUT2D eigenvalue weighted by Gasteiger charge is 2.33. The SMILES string of the molecule is O=C1C[C@H](c2ccc(O)cc2)c2ccc(O)c(C(=O)CCc3ccc(O)cc3)c2O1. The van der Waals surface area contributed by atoms with E-state index < -0.39 is 5.97 Å². The Balaban J connectivity index is 1.66. The van der Waals surface area contributed by atoms with Crippen LogP contribution < -0.4 is 4.74 Å². The maximum absolute atomic E-state index is 12.9. The molecule has 3 N–H and O–H groups in total. The van der Waals surface area contributed by atoms with Gasteiger partial charge >= 0.3 is 5.97 Å². The van der Waals surface area contributed by atoms with Crippen molar-refractivity contribution in [3.63, 3.8) is 0 Å². The maximum atomic E-state index is 12.9. The topological polar surface area (TPSA) is 104 Å². The second-order valence-electron chi connectivity index (χ2n) is 7.29. The van der Waals surface area contributed by atoms with Crippen LogP contribution >= 0.6 is 0 Å². The van der Waals surface area contributed by atoms with Crippen LogP contribution in [0.1, 0.15) is 45.8 Å². The second-order valence-corrected chi connectivity index (χ2v) is 7.29. The Bertz CT molecular complexity index is 1100. The zero-order valence-corrected chi connectivity index (χ0v) is 16.0. The molecule has 0 amide bonds. The molecule has 1 heterocycles. The van der Waals surface area contributed by atoms with Gasteiger partial charge in [-0.2, -0.15) is 0 Å². The third-order valence-corrected chi connectivity index (χ3v) is 5.28. The molecule has 1 aliphatic rings. The summed E-state index contributed by atoms with van der Waals surface area (Å²) in [5.74, 6) is -1.04. The standard InChI is InChI=1S/C24H20O6/c25-16-6-1-14(2-7-16)3-11-20(27)23-21(28)12-10-18-19(13-22(29)30-24(18)23)15-4-8-17(26)9-5-15/h1-2,4-10,12,19,25-26,28H,3,11,13H2/t19-/m1/s1. The van der Waals surface area contributed by atoms with E-state index in [4.69, 9.17) is 4.74 Å². The monoisotopic (exact) mass is 404 g/mol. The summed E-state index contributed by atoms with van der Waals surface area (Å²) in [7, 11) is 0. The number of benzene rings is 3. The lowest BCUT2D eigenvalue weighted by Gasteiger charge is -2.26. The molecule has 152 valence electrons. The van der Waals surface area contributed by atoms with Crippen LogP contribution in [0.25, 0.3) is 0 Å². The van der Waals surface area contributed by atoms with Gasteiger partial charge in [-0.25, -0.2) is 0 Å². The minimum Gasteiger partial charge on any atom is -0.508 e. The van der Waals surface area contributed by atoms with Crippen molar-refractivity contribution in [3.05, 3.63) is 82.9 Å². The molecule has 0 fully saturated rings. The number of ketones is 1. The average molecular weight is 404 g/mol. The normalized spacial score (nSPS) is 15.3. The van der Waals surface area contributed by atoms with Gasteiger partial charge in [0.2, 0.25) is 0 Å². The number of rotatable bonds is 5. The highest BCUT2D eigenvalue weighted by molar-refractivity contribution is 6.03. The van der Waals surface area contributed by atoms with Crippen molar-refractivity contribution >= 4 is 11.8 Å². The molecule has 4 rings (SSSR count). The predicted molar refractivity (Wildman–Crippen MR) is 109 cm³/mol. The summed E-state index contributed by atoms with van der Waals surface area (Å²) in [5, 5.41) is 29.3. The number of carbonyl (C=O) groups is 2. The van der Waals surface area contributed by atoms with Crippen LogP contribution in [0.5, 0.6) is 23.0 Å². The summed E-state index contributed by atoms with van der Waals surface area (Å²) in [6, 6.07) is 16.2. The van der Waals surface area contributed by atoms with Gasteiger partial charge in [-0.05, 0) is 47.9 Å². The number of aromatic hydroxyl groups is 3. The quantitative estimate of drug-likeness (QED) is 0.337. The lowest BCUT2D eigenvalue weighted by molar-refractivity contribution is -0.135. The minimum atomic E-state index is -0.487. The van der Waals surface area contributed by atoms with Gasteiger partial charge in [-0.15, -0.1) is 0 Å². The lowest BCUT2D eigenvalue weighted by Crippen LogP contribution is -2.23. The summed E-state index contributed by atoms with van der Waals surface area (Å²) < 4.78 is 5.41. The number of Topliss-reactive ketones (excluding diaryl/α,β-unsaturated/α-hetero) is 1. The molecular weight excluding hydrogens is 384 g/mol. The van der Waals surface area contributed by atoms with Gasteiger partial charge in [0.1, 0.15) is 28.6 Å². The third-order valence-electron chi connectivity index (χ3n) is 5.28. The van der Waals surface area contributed by atoms with Crippen LogP contribution in [-0.4, -0.2) is 27.1 Å². The first kappa shape index (κ1) is 19.5. The summed E-state index contributed by atoms with van der Waals surface area (Å²) in [6.45, 7) is 0. The van der Waals surface area contributed by atoms with Gasteiger partial charge in [-0.1, -0.05) is 30.3 Å². The van der Waals surface area contributed by atoms with Gasteiger partial charge in [0.15, 0.2) is 5.78 Å². The molecule has 3 aromatic rings. The molecule has 3 aromatic carbocycles. The first-order chi connectivity index (χ1) is 14.4. The van der Waals surface area contributed by atoms with Crippen LogP contribution in [0, 0.1) is 0 Å². The molecule has 1 atom stereocenters. The van der Waals surface area contributed by atoms with Crippen LogP contribution in [0.2, 0.25) is 0 Å². The lowest BCUT2D eigenvalue weighted by atomic mass is 9.84. The van der Waals surface area contributed by atoms with Crippen molar-refractivity contribution in [2.45, 2.75) is 25.2 Å². The second kappa shape index (κ2) is 7.91. The Labute approximate surface area is 173 Å². The summed E-state index contributed by atoms with van der Waals surface area (Å²) in [4.78, 5) is 25.2. The number of carbonyl (C=O) groups excluding carboxylic acids is 2. The van der Waals surface area contributed by atoms with Crippen LogP contribution in [0.3, 0.4) is 0 Å². The smallest absolute Gasteiger partial charge is 0.312 e. The van der Waals surface area contributed by atoms with Gasteiger partial charge in [-0.3, -0.25) is 9.59 Å². The Kier molecular flexibility index (Phi) is 5.14. The summed E-state index contributed by atoms with van der Waals surface area (Å²) >= 11 is 0. The largest absolute Gasteiger partial charge is 0.508 e. The fourth-order valence-electron chi connectivity index (χ4n) is 3.72. The van der Waals surface area contributed by atoms with Crippen molar-refractivity contribution < 1.29 is 29.6 Å². The van der Waals surface area contributed by atoms with Gasteiger partial charge in [0.25, 0.3) is 0 Å². The molecule has 0 saturated carbocycles. The van der Waals surface area contributed by atoms with Crippen LogP contribution in [-0.2, 0) is 11.2 Å². The van der Waals surface area contributed by atoms with Crippen molar-refractivity contribution in [1.82, 2.24) is 0 Å². The molecule has 6 heteroatoms. The first-order valence-electron chi connectivity index (χ1n) is 9.59. The van der Waals surface area contributed by atoms with Crippen molar-refractivity contribution in [2.24, 2.45) is 0 Å². The van der Waals surface area contributed by atoms with E-state index in [1.54, 1.807) is 54.6 Å². The Morgan fingerprint density at radius 2 is 1.53 bits per heavy atom. The van der Waals surface area contributed by atoms with E-state index in [0.29, 0.717) is 12.0 Å².